The van der Waals surface area contributed by atoms with E-state index in [1.807, 2.05) is 25.1 Å². The lowest BCUT2D eigenvalue weighted by atomic mass is 9.96. The van der Waals surface area contributed by atoms with Gasteiger partial charge in [-0.25, -0.2) is 17.7 Å². The van der Waals surface area contributed by atoms with Gasteiger partial charge in [0.2, 0.25) is 15.9 Å². The molecule has 0 aliphatic carbocycles. The van der Waals surface area contributed by atoms with Crippen molar-refractivity contribution in [2.24, 2.45) is 5.92 Å². The van der Waals surface area contributed by atoms with Crippen molar-refractivity contribution in [2.75, 3.05) is 50.3 Å². The first-order chi connectivity index (χ1) is 10.7. The summed E-state index contributed by atoms with van der Waals surface area (Å²) in [6.45, 7) is 0.799. The van der Waals surface area contributed by atoms with Crippen LogP contribution in [0.3, 0.4) is 0 Å². The third-order valence-electron chi connectivity index (χ3n) is 4.15. The number of aromatic nitrogens is 1. The number of rotatable bonds is 4. The van der Waals surface area contributed by atoms with Crippen molar-refractivity contribution in [3.63, 3.8) is 0 Å². The van der Waals surface area contributed by atoms with Gasteiger partial charge in [-0.05, 0) is 25.0 Å². The van der Waals surface area contributed by atoms with E-state index in [1.54, 1.807) is 24.2 Å². The summed E-state index contributed by atoms with van der Waals surface area (Å²) in [6.07, 6.45) is 4.00. The smallest absolute Gasteiger partial charge is 0.230 e. The first-order valence-electron chi connectivity index (χ1n) is 7.57. The number of amides is 1. The molecule has 0 N–H and O–H groups in total. The van der Waals surface area contributed by atoms with Crippen LogP contribution in [-0.4, -0.2) is 64.1 Å². The first-order valence-corrected chi connectivity index (χ1v) is 9.41. The lowest BCUT2D eigenvalue weighted by molar-refractivity contribution is -0.123. The van der Waals surface area contributed by atoms with Gasteiger partial charge in [0.25, 0.3) is 0 Å². The van der Waals surface area contributed by atoms with Crippen molar-refractivity contribution in [1.82, 2.24) is 9.29 Å². The maximum Gasteiger partial charge on any atom is 0.230 e. The fourth-order valence-corrected chi connectivity index (χ4v) is 3.70. The number of hydrogen-bond donors (Lipinski definition) is 0. The molecular formula is C15H24N4O3S. The van der Waals surface area contributed by atoms with E-state index in [-0.39, 0.29) is 11.8 Å². The van der Waals surface area contributed by atoms with Gasteiger partial charge in [0.05, 0.1) is 11.9 Å². The van der Waals surface area contributed by atoms with E-state index >= 15 is 0 Å². The Morgan fingerprint density at radius 3 is 2.39 bits per heavy atom. The van der Waals surface area contributed by atoms with Gasteiger partial charge < -0.3 is 9.80 Å². The lowest BCUT2D eigenvalue weighted by Crippen LogP contribution is -2.43. The Labute approximate surface area is 137 Å². The highest BCUT2D eigenvalue weighted by atomic mass is 32.2. The molecule has 0 saturated carbocycles. The molecule has 8 heteroatoms. The van der Waals surface area contributed by atoms with Gasteiger partial charge in [0.1, 0.15) is 0 Å². The number of nitrogens with zero attached hydrogens (tertiary/aromatic N) is 4. The van der Waals surface area contributed by atoms with Crippen LogP contribution in [0.4, 0.5) is 11.5 Å². The molecule has 0 spiro atoms. The summed E-state index contributed by atoms with van der Waals surface area (Å²) in [6, 6.07) is 3.67. The first kappa shape index (κ1) is 17.7. The van der Waals surface area contributed by atoms with Crippen molar-refractivity contribution in [3.8, 4) is 0 Å². The Kier molecular flexibility index (Phi) is 5.26. The number of anilines is 2. The molecule has 2 rings (SSSR count). The highest BCUT2D eigenvalue weighted by molar-refractivity contribution is 7.88. The van der Waals surface area contributed by atoms with Crippen molar-refractivity contribution in [1.29, 1.82) is 0 Å². The molecule has 0 unspecified atom stereocenters. The molecule has 1 fully saturated rings. The van der Waals surface area contributed by atoms with Crippen LogP contribution < -0.4 is 9.80 Å². The predicted octanol–water partition coefficient (Wildman–Crippen LogP) is 0.782. The van der Waals surface area contributed by atoms with Crippen LogP contribution in [0.15, 0.2) is 18.3 Å². The maximum absolute atomic E-state index is 12.7. The minimum atomic E-state index is -3.17. The average Bonchev–Trinajstić information content (AvgIpc) is 2.52. The molecule has 0 aromatic carbocycles. The molecular weight excluding hydrogens is 316 g/mol. The van der Waals surface area contributed by atoms with E-state index < -0.39 is 10.0 Å². The molecule has 1 saturated heterocycles. The summed E-state index contributed by atoms with van der Waals surface area (Å²) >= 11 is 0. The molecule has 128 valence electrons. The van der Waals surface area contributed by atoms with Crippen LogP contribution in [0.25, 0.3) is 0 Å². The van der Waals surface area contributed by atoms with Crippen LogP contribution in [0.2, 0.25) is 0 Å². The Bertz CT molecular complexity index is 667. The third-order valence-corrected chi connectivity index (χ3v) is 5.46. The molecule has 23 heavy (non-hydrogen) atoms. The normalized spacial score (nSPS) is 17.0. The zero-order valence-corrected chi connectivity index (χ0v) is 14.9. The number of hydrogen-bond acceptors (Lipinski definition) is 5. The zero-order valence-electron chi connectivity index (χ0n) is 14.1. The summed E-state index contributed by atoms with van der Waals surface area (Å²) in [4.78, 5) is 20.6. The Hall–Kier alpha value is -1.67. The number of sulfonamides is 1. The average molecular weight is 340 g/mol. The fraction of sp³-hybridized carbons (Fsp3) is 0.600. The van der Waals surface area contributed by atoms with Crippen LogP contribution in [0.1, 0.15) is 12.8 Å². The van der Waals surface area contributed by atoms with Crippen molar-refractivity contribution >= 4 is 27.4 Å². The van der Waals surface area contributed by atoms with Gasteiger partial charge in [0.15, 0.2) is 5.82 Å². The Morgan fingerprint density at radius 1 is 1.26 bits per heavy atom. The van der Waals surface area contributed by atoms with E-state index in [2.05, 4.69) is 4.98 Å². The van der Waals surface area contributed by atoms with Gasteiger partial charge >= 0.3 is 0 Å². The summed E-state index contributed by atoms with van der Waals surface area (Å²) in [5, 5.41) is 0. The molecule has 1 aromatic rings. The van der Waals surface area contributed by atoms with Gasteiger partial charge in [-0.15, -0.1) is 0 Å². The SMILES string of the molecule is CN(C)c1ncccc1N(C)C(=O)C1CCN(S(C)(=O)=O)CC1. The zero-order chi connectivity index (χ0) is 17.2. The minimum absolute atomic E-state index is 0.00857. The van der Waals surface area contributed by atoms with E-state index in [4.69, 9.17) is 0 Å². The lowest BCUT2D eigenvalue weighted by Gasteiger charge is -2.32. The summed E-state index contributed by atoms with van der Waals surface area (Å²) < 4.78 is 24.5. The molecule has 0 bridgehead atoms. The molecule has 2 heterocycles. The highest BCUT2D eigenvalue weighted by Crippen LogP contribution is 2.28. The third kappa shape index (κ3) is 4.00. The van der Waals surface area contributed by atoms with E-state index in [1.165, 1.54) is 10.6 Å². The molecule has 1 aliphatic rings. The van der Waals surface area contributed by atoms with Gasteiger partial charge in [-0.3, -0.25) is 4.79 Å². The number of pyridine rings is 1. The van der Waals surface area contributed by atoms with Gasteiger partial charge in [-0.2, -0.15) is 0 Å². The number of carbonyl (C=O) groups is 1. The molecule has 0 radical (unpaired) electrons. The van der Waals surface area contributed by atoms with E-state index in [9.17, 15) is 13.2 Å². The minimum Gasteiger partial charge on any atom is -0.361 e. The number of carbonyl (C=O) groups excluding carboxylic acids is 1. The maximum atomic E-state index is 12.7. The molecule has 0 atom stereocenters. The van der Waals surface area contributed by atoms with Crippen LogP contribution in [0.5, 0.6) is 0 Å². The fourth-order valence-electron chi connectivity index (χ4n) is 2.82. The summed E-state index contributed by atoms with van der Waals surface area (Å²) in [5.41, 5.74) is 0.757. The van der Waals surface area contributed by atoms with Crippen LogP contribution >= 0.6 is 0 Å². The van der Waals surface area contributed by atoms with Crippen molar-refractivity contribution in [2.45, 2.75) is 12.8 Å². The van der Waals surface area contributed by atoms with Gasteiger partial charge in [-0.1, -0.05) is 0 Å². The quantitative estimate of drug-likeness (QED) is 0.810. The second-order valence-corrected chi connectivity index (χ2v) is 8.06. The highest BCUT2D eigenvalue weighted by Gasteiger charge is 2.31. The summed E-state index contributed by atoms with van der Waals surface area (Å²) in [5.74, 6) is 0.583. The predicted molar refractivity (Wildman–Crippen MR) is 91.1 cm³/mol. The largest absolute Gasteiger partial charge is 0.361 e. The van der Waals surface area contributed by atoms with Gasteiger partial charge in [0, 0.05) is 46.3 Å². The molecule has 1 amide bonds. The molecule has 7 nitrogen and oxygen atoms in total. The second kappa shape index (κ2) is 6.84. The van der Waals surface area contributed by atoms with E-state index in [0.29, 0.717) is 25.9 Å². The molecule has 1 aliphatic heterocycles. The van der Waals surface area contributed by atoms with Crippen molar-refractivity contribution < 1.29 is 13.2 Å². The standard InChI is InChI=1S/C15H24N4O3S/c1-17(2)14-13(6-5-9-16-14)18(3)15(20)12-7-10-19(11-8-12)23(4,21)22/h5-6,9,12H,7-8,10-11H2,1-4H3. The van der Waals surface area contributed by atoms with Crippen LogP contribution in [0, 0.1) is 5.92 Å². The monoisotopic (exact) mass is 340 g/mol. The molecule has 1 aromatic heterocycles. The Morgan fingerprint density at radius 2 is 1.87 bits per heavy atom. The van der Waals surface area contributed by atoms with Crippen LogP contribution in [-0.2, 0) is 14.8 Å². The topological polar surface area (TPSA) is 73.8 Å². The second-order valence-electron chi connectivity index (χ2n) is 6.07. The Balaban J connectivity index is 2.10. The summed E-state index contributed by atoms with van der Waals surface area (Å²) in [7, 11) is 2.34. The number of piperidine rings is 1. The van der Waals surface area contributed by atoms with Crippen molar-refractivity contribution in [3.05, 3.63) is 18.3 Å². The van der Waals surface area contributed by atoms with E-state index in [0.717, 1.165) is 11.5 Å².